The molecule has 25 heavy (non-hydrogen) atoms. The third-order valence-corrected chi connectivity index (χ3v) is 5.81. The lowest BCUT2D eigenvalue weighted by Crippen LogP contribution is -2.10. The molecular weight excluding hydrogens is 304 g/mol. The van der Waals surface area contributed by atoms with Crippen LogP contribution in [0.4, 0.5) is 0 Å². The van der Waals surface area contributed by atoms with Crippen LogP contribution in [0.2, 0.25) is 0 Å². The number of benzene rings is 1. The highest BCUT2D eigenvalue weighted by atomic mass is 15.3. The van der Waals surface area contributed by atoms with Gasteiger partial charge in [-0.2, -0.15) is 5.10 Å². The molecule has 0 fully saturated rings. The zero-order valence-corrected chi connectivity index (χ0v) is 18.1. The Bertz CT molecular complexity index is 760. The highest BCUT2D eigenvalue weighted by Gasteiger charge is 2.27. The Hall–Kier alpha value is -1.57. The summed E-state index contributed by atoms with van der Waals surface area (Å²) < 4.78 is 2.26. The highest BCUT2D eigenvalue weighted by molar-refractivity contribution is 5.79. The second-order valence-electron chi connectivity index (χ2n) is 8.49. The first kappa shape index (κ1) is 19.8. The topological polar surface area (TPSA) is 17.8 Å². The van der Waals surface area contributed by atoms with Crippen LogP contribution >= 0.6 is 0 Å². The van der Waals surface area contributed by atoms with E-state index in [4.69, 9.17) is 5.10 Å². The van der Waals surface area contributed by atoms with E-state index < -0.39 is 0 Å². The summed E-state index contributed by atoms with van der Waals surface area (Å²) in [5.74, 6) is 0.853. The summed E-state index contributed by atoms with van der Waals surface area (Å²) in [7, 11) is 0. The van der Waals surface area contributed by atoms with Crippen molar-refractivity contribution in [2.75, 3.05) is 0 Å². The summed E-state index contributed by atoms with van der Waals surface area (Å²) >= 11 is 0. The minimum atomic E-state index is 0.372. The van der Waals surface area contributed by atoms with Crippen molar-refractivity contribution in [1.29, 1.82) is 0 Å². The van der Waals surface area contributed by atoms with Crippen LogP contribution < -0.4 is 0 Å². The summed E-state index contributed by atoms with van der Waals surface area (Å²) in [5, 5.41) is 5.09. The molecular formula is C23H36N2. The van der Waals surface area contributed by atoms with Gasteiger partial charge in [-0.05, 0) is 93.7 Å². The first-order valence-corrected chi connectivity index (χ1v) is 9.70. The molecule has 0 saturated heterocycles. The van der Waals surface area contributed by atoms with Crippen LogP contribution in [0.25, 0.3) is 11.1 Å². The van der Waals surface area contributed by atoms with Crippen molar-refractivity contribution in [2.24, 2.45) is 0 Å². The SMILES string of the molecule is Cc1c(C)c(C)c(-c2c(C(C)C)nn(C(C)C)c2C(C)C)c(C)c1C. The fourth-order valence-electron chi connectivity index (χ4n) is 3.95. The molecule has 138 valence electrons. The van der Waals surface area contributed by atoms with Gasteiger partial charge in [0.05, 0.1) is 5.69 Å². The second kappa shape index (κ2) is 6.97. The fourth-order valence-corrected chi connectivity index (χ4v) is 3.95. The Morgan fingerprint density at radius 3 is 1.40 bits per heavy atom. The molecule has 0 spiro atoms. The average Bonchev–Trinajstić information content (AvgIpc) is 2.92. The summed E-state index contributed by atoms with van der Waals surface area (Å²) in [6.07, 6.45) is 0. The van der Waals surface area contributed by atoms with E-state index in [0.29, 0.717) is 17.9 Å². The normalized spacial score (nSPS) is 12.1. The van der Waals surface area contributed by atoms with E-state index in [1.165, 1.54) is 50.3 Å². The summed E-state index contributed by atoms with van der Waals surface area (Å²) in [6, 6.07) is 0.372. The van der Waals surface area contributed by atoms with Crippen LogP contribution in [0, 0.1) is 34.6 Å². The van der Waals surface area contributed by atoms with Crippen molar-refractivity contribution in [3.8, 4) is 11.1 Å². The van der Waals surface area contributed by atoms with E-state index in [9.17, 15) is 0 Å². The van der Waals surface area contributed by atoms with Gasteiger partial charge in [-0.25, -0.2) is 0 Å². The molecule has 0 N–H and O–H groups in total. The van der Waals surface area contributed by atoms with Crippen molar-refractivity contribution >= 4 is 0 Å². The molecule has 0 saturated carbocycles. The van der Waals surface area contributed by atoms with Crippen LogP contribution in [-0.4, -0.2) is 9.78 Å². The first-order valence-electron chi connectivity index (χ1n) is 9.70. The van der Waals surface area contributed by atoms with Crippen LogP contribution in [0.15, 0.2) is 0 Å². The number of hydrogen-bond acceptors (Lipinski definition) is 1. The van der Waals surface area contributed by atoms with Crippen molar-refractivity contribution < 1.29 is 0 Å². The van der Waals surface area contributed by atoms with Gasteiger partial charge in [-0.1, -0.05) is 27.7 Å². The Morgan fingerprint density at radius 2 is 1.04 bits per heavy atom. The Morgan fingerprint density at radius 1 is 0.600 bits per heavy atom. The van der Waals surface area contributed by atoms with Crippen molar-refractivity contribution in [3.05, 3.63) is 39.2 Å². The molecule has 0 unspecified atom stereocenters. The Kier molecular flexibility index (Phi) is 5.51. The zero-order chi connectivity index (χ0) is 19.2. The maximum Gasteiger partial charge on any atom is 0.0731 e. The fraction of sp³-hybridized carbons (Fsp3) is 0.609. The molecule has 0 aliphatic heterocycles. The number of aromatic nitrogens is 2. The third-order valence-electron chi connectivity index (χ3n) is 5.81. The smallest absolute Gasteiger partial charge is 0.0731 e. The number of rotatable bonds is 4. The standard InChI is InChI=1S/C23H36N2/c1-12(2)22-21(23(13(3)4)25(24-22)14(5)6)20-18(10)16(8)15(7)17(9)19(20)11/h12-14H,1-11H3. The Labute approximate surface area is 154 Å². The molecule has 2 rings (SSSR count). The lowest BCUT2D eigenvalue weighted by molar-refractivity contribution is 0.491. The molecule has 2 nitrogen and oxygen atoms in total. The van der Waals surface area contributed by atoms with Gasteiger partial charge in [0.25, 0.3) is 0 Å². The van der Waals surface area contributed by atoms with E-state index in [-0.39, 0.29) is 0 Å². The molecule has 0 amide bonds. The van der Waals surface area contributed by atoms with E-state index in [1.807, 2.05) is 0 Å². The van der Waals surface area contributed by atoms with Crippen LogP contribution in [-0.2, 0) is 0 Å². The predicted octanol–water partition coefficient (Wildman–Crippen LogP) is 6.92. The molecule has 0 aliphatic carbocycles. The van der Waals surface area contributed by atoms with Crippen LogP contribution in [0.3, 0.4) is 0 Å². The molecule has 1 heterocycles. The molecule has 2 heteroatoms. The van der Waals surface area contributed by atoms with E-state index in [1.54, 1.807) is 0 Å². The predicted molar refractivity (Wildman–Crippen MR) is 110 cm³/mol. The quantitative estimate of drug-likeness (QED) is 0.590. The van der Waals surface area contributed by atoms with Crippen LogP contribution in [0.1, 0.15) is 98.6 Å². The Balaban J connectivity index is 3.02. The van der Waals surface area contributed by atoms with Crippen molar-refractivity contribution in [2.45, 2.75) is 94.0 Å². The minimum Gasteiger partial charge on any atom is -0.266 e. The third kappa shape index (κ3) is 3.16. The van der Waals surface area contributed by atoms with Gasteiger partial charge >= 0.3 is 0 Å². The largest absolute Gasteiger partial charge is 0.266 e. The monoisotopic (exact) mass is 340 g/mol. The van der Waals surface area contributed by atoms with Crippen molar-refractivity contribution in [3.63, 3.8) is 0 Å². The van der Waals surface area contributed by atoms with Crippen LogP contribution in [0.5, 0.6) is 0 Å². The summed E-state index contributed by atoms with van der Waals surface area (Å²) in [5.41, 5.74) is 12.5. The lowest BCUT2D eigenvalue weighted by Gasteiger charge is -2.22. The van der Waals surface area contributed by atoms with E-state index in [2.05, 4.69) is 80.8 Å². The first-order chi connectivity index (χ1) is 11.5. The maximum atomic E-state index is 5.09. The molecule has 0 bridgehead atoms. The number of hydrogen-bond donors (Lipinski definition) is 0. The van der Waals surface area contributed by atoms with Gasteiger partial charge in [0.15, 0.2) is 0 Å². The van der Waals surface area contributed by atoms with Gasteiger partial charge in [0.2, 0.25) is 0 Å². The minimum absolute atomic E-state index is 0.372. The van der Waals surface area contributed by atoms with Crippen molar-refractivity contribution in [1.82, 2.24) is 9.78 Å². The second-order valence-corrected chi connectivity index (χ2v) is 8.49. The van der Waals surface area contributed by atoms with Gasteiger partial charge in [-0.3, -0.25) is 4.68 Å². The molecule has 1 aromatic heterocycles. The van der Waals surface area contributed by atoms with E-state index >= 15 is 0 Å². The average molecular weight is 341 g/mol. The lowest BCUT2D eigenvalue weighted by atomic mass is 9.83. The maximum absolute atomic E-state index is 5.09. The van der Waals surface area contributed by atoms with E-state index in [0.717, 1.165) is 0 Å². The zero-order valence-electron chi connectivity index (χ0n) is 18.1. The number of nitrogens with zero attached hydrogens (tertiary/aromatic N) is 2. The molecule has 0 radical (unpaired) electrons. The van der Waals surface area contributed by atoms with Gasteiger partial charge in [-0.15, -0.1) is 0 Å². The highest BCUT2D eigenvalue weighted by Crippen LogP contribution is 2.42. The molecule has 0 atom stereocenters. The van der Waals surface area contributed by atoms with Gasteiger partial charge in [0.1, 0.15) is 0 Å². The molecule has 2 aromatic rings. The van der Waals surface area contributed by atoms with Gasteiger partial charge in [0, 0.05) is 17.3 Å². The molecule has 1 aromatic carbocycles. The summed E-state index contributed by atoms with van der Waals surface area (Å²) in [6.45, 7) is 24.9. The molecule has 0 aliphatic rings. The summed E-state index contributed by atoms with van der Waals surface area (Å²) in [4.78, 5) is 0. The van der Waals surface area contributed by atoms with Gasteiger partial charge < -0.3 is 0 Å².